The Balaban J connectivity index is 1.43. The zero-order chi connectivity index (χ0) is 16.8. The van der Waals surface area contributed by atoms with Crippen LogP contribution in [0.25, 0.3) is 0 Å². The highest BCUT2D eigenvalue weighted by atomic mass is 16.2. The van der Waals surface area contributed by atoms with Gasteiger partial charge in [0.25, 0.3) is 0 Å². The van der Waals surface area contributed by atoms with E-state index in [1.54, 1.807) is 0 Å². The summed E-state index contributed by atoms with van der Waals surface area (Å²) in [7, 11) is 0. The Labute approximate surface area is 142 Å². The summed E-state index contributed by atoms with van der Waals surface area (Å²) >= 11 is 0. The maximum absolute atomic E-state index is 12.9. The molecule has 24 heavy (non-hydrogen) atoms. The largest absolute Gasteiger partial charge is 0.340 e. The van der Waals surface area contributed by atoms with Gasteiger partial charge in [-0.2, -0.15) is 5.10 Å². The van der Waals surface area contributed by atoms with Gasteiger partial charge in [-0.05, 0) is 39.5 Å². The van der Waals surface area contributed by atoms with Gasteiger partial charge >= 0.3 is 0 Å². The normalized spacial score (nSPS) is 27.8. The van der Waals surface area contributed by atoms with Gasteiger partial charge in [-0.25, -0.2) is 9.67 Å². The predicted octanol–water partition coefficient (Wildman–Crippen LogP) is 1.07. The number of hydrogen-bond donors (Lipinski definition) is 0. The van der Waals surface area contributed by atoms with Crippen LogP contribution in [-0.2, 0) is 9.59 Å². The second-order valence-electron chi connectivity index (χ2n) is 7.41. The van der Waals surface area contributed by atoms with E-state index >= 15 is 0 Å². The van der Waals surface area contributed by atoms with Crippen molar-refractivity contribution in [1.29, 1.82) is 0 Å². The van der Waals surface area contributed by atoms with E-state index < -0.39 is 0 Å². The van der Waals surface area contributed by atoms with Gasteiger partial charge in [0.1, 0.15) is 11.6 Å². The minimum Gasteiger partial charge on any atom is -0.340 e. The van der Waals surface area contributed by atoms with Crippen LogP contribution < -0.4 is 0 Å². The molecule has 3 heterocycles. The summed E-state index contributed by atoms with van der Waals surface area (Å²) in [4.78, 5) is 33.3. The van der Waals surface area contributed by atoms with Crippen LogP contribution in [0.15, 0.2) is 0 Å². The molecule has 0 radical (unpaired) electrons. The summed E-state index contributed by atoms with van der Waals surface area (Å²) in [5, 5.41) is 4.49. The Morgan fingerprint density at radius 3 is 2.58 bits per heavy atom. The van der Waals surface area contributed by atoms with Crippen molar-refractivity contribution in [1.82, 2.24) is 24.6 Å². The SMILES string of the molecule is Cc1nc(C)n([C@H]2CCCN(C(=O)[C@@H]3CC(=O)N(C4CC4)C3)C2)n1. The van der Waals surface area contributed by atoms with Crippen molar-refractivity contribution in [3.05, 3.63) is 11.6 Å². The van der Waals surface area contributed by atoms with Crippen LogP contribution in [0.2, 0.25) is 0 Å². The molecule has 1 saturated carbocycles. The number of likely N-dealkylation sites (tertiary alicyclic amines) is 2. The Morgan fingerprint density at radius 1 is 1.12 bits per heavy atom. The molecule has 4 rings (SSSR count). The van der Waals surface area contributed by atoms with E-state index in [4.69, 9.17) is 0 Å². The maximum atomic E-state index is 12.9. The molecule has 3 aliphatic rings. The summed E-state index contributed by atoms with van der Waals surface area (Å²) in [5.41, 5.74) is 0. The molecule has 1 aromatic heterocycles. The molecule has 2 saturated heterocycles. The molecule has 7 heteroatoms. The van der Waals surface area contributed by atoms with E-state index in [2.05, 4.69) is 10.1 Å². The fourth-order valence-electron chi connectivity index (χ4n) is 4.13. The third-order valence-electron chi connectivity index (χ3n) is 5.46. The van der Waals surface area contributed by atoms with Gasteiger partial charge in [0.05, 0.1) is 12.0 Å². The van der Waals surface area contributed by atoms with Crippen molar-refractivity contribution < 1.29 is 9.59 Å². The number of carbonyl (C=O) groups excluding carboxylic acids is 2. The molecule has 2 aliphatic heterocycles. The zero-order valence-electron chi connectivity index (χ0n) is 14.4. The van der Waals surface area contributed by atoms with E-state index in [0.717, 1.165) is 43.9 Å². The lowest BCUT2D eigenvalue weighted by Crippen LogP contribution is -2.44. The highest BCUT2D eigenvalue weighted by Crippen LogP contribution is 2.34. The van der Waals surface area contributed by atoms with E-state index in [9.17, 15) is 9.59 Å². The zero-order valence-corrected chi connectivity index (χ0v) is 14.4. The first-order valence-corrected chi connectivity index (χ1v) is 9.01. The highest BCUT2D eigenvalue weighted by molar-refractivity contribution is 5.89. The first-order chi connectivity index (χ1) is 11.5. The fraction of sp³-hybridized carbons (Fsp3) is 0.765. The lowest BCUT2D eigenvalue weighted by atomic mass is 10.0. The maximum Gasteiger partial charge on any atom is 0.228 e. The molecule has 0 bridgehead atoms. The molecule has 0 aromatic carbocycles. The van der Waals surface area contributed by atoms with E-state index in [1.165, 1.54) is 0 Å². The number of carbonyl (C=O) groups is 2. The first-order valence-electron chi connectivity index (χ1n) is 9.01. The molecule has 0 spiro atoms. The van der Waals surface area contributed by atoms with Gasteiger partial charge in [0.15, 0.2) is 0 Å². The third kappa shape index (κ3) is 2.80. The summed E-state index contributed by atoms with van der Waals surface area (Å²) in [6.45, 7) is 5.94. The van der Waals surface area contributed by atoms with Gasteiger partial charge in [-0.1, -0.05) is 0 Å². The van der Waals surface area contributed by atoms with Crippen molar-refractivity contribution in [2.75, 3.05) is 19.6 Å². The number of aryl methyl sites for hydroxylation is 2. The molecule has 7 nitrogen and oxygen atoms in total. The van der Waals surface area contributed by atoms with Gasteiger partial charge in [0, 0.05) is 32.1 Å². The highest BCUT2D eigenvalue weighted by Gasteiger charge is 2.43. The molecule has 2 amide bonds. The topological polar surface area (TPSA) is 71.3 Å². The molecular weight excluding hydrogens is 306 g/mol. The van der Waals surface area contributed by atoms with Crippen LogP contribution >= 0.6 is 0 Å². The monoisotopic (exact) mass is 331 g/mol. The number of aromatic nitrogens is 3. The number of nitrogens with zero attached hydrogens (tertiary/aromatic N) is 5. The number of hydrogen-bond acceptors (Lipinski definition) is 4. The summed E-state index contributed by atoms with van der Waals surface area (Å²) in [6.07, 6.45) is 4.58. The lowest BCUT2D eigenvalue weighted by Gasteiger charge is -2.34. The van der Waals surface area contributed by atoms with Crippen molar-refractivity contribution in [2.24, 2.45) is 5.92 Å². The van der Waals surface area contributed by atoms with Crippen LogP contribution in [0.5, 0.6) is 0 Å². The van der Waals surface area contributed by atoms with Gasteiger partial charge in [0.2, 0.25) is 11.8 Å². The molecule has 0 N–H and O–H groups in total. The average molecular weight is 331 g/mol. The minimum absolute atomic E-state index is 0.144. The summed E-state index contributed by atoms with van der Waals surface area (Å²) in [6, 6.07) is 0.603. The smallest absolute Gasteiger partial charge is 0.228 e. The molecular formula is C17H25N5O2. The van der Waals surface area contributed by atoms with Crippen molar-refractivity contribution in [3.8, 4) is 0 Å². The number of amides is 2. The lowest BCUT2D eigenvalue weighted by molar-refractivity contribution is -0.137. The van der Waals surface area contributed by atoms with Crippen LogP contribution in [0.3, 0.4) is 0 Å². The molecule has 2 atom stereocenters. The standard InChI is InChI=1S/C17H25N5O2/c1-11-18-12(2)22(19-11)15-4-3-7-20(10-15)17(24)13-8-16(23)21(9-13)14-5-6-14/h13-15H,3-10H2,1-2H3/t13-,15+/m1/s1. The van der Waals surface area contributed by atoms with Crippen molar-refractivity contribution in [3.63, 3.8) is 0 Å². The van der Waals surface area contributed by atoms with Crippen molar-refractivity contribution in [2.45, 2.75) is 58.0 Å². The molecule has 1 aromatic rings. The number of rotatable bonds is 3. The molecule has 130 valence electrons. The van der Waals surface area contributed by atoms with Crippen LogP contribution in [0.4, 0.5) is 0 Å². The number of piperidine rings is 1. The van der Waals surface area contributed by atoms with E-state index in [-0.39, 0.29) is 23.8 Å². The van der Waals surface area contributed by atoms with Crippen LogP contribution in [0, 0.1) is 19.8 Å². The average Bonchev–Trinajstić information content (AvgIpc) is 3.25. The second kappa shape index (κ2) is 5.86. The Kier molecular flexibility index (Phi) is 3.81. The Morgan fingerprint density at radius 2 is 1.92 bits per heavy atom. The van der Waals surface area contributed by atoms with Gasteiger partial charge < -0.3 is 9.80 Å². The van der Waals surface area contributed by atoms with Crippen molar-refractivity contribution >= 4 is 11.8 Å². The fourth-order valence-corrected chi connectivity index (χ4v) is 4.13. The Bertz CT molecular complexity index is 666. The van der Waals surface area contributed by atoms with Gasteiger partial charge in [-0.3, -0.25) is 9.59 Å². The van der Waals surface area contributed by atoms with Crippen LogP contribution in [-0.4, -0.2) is 62.1 Å². The molecule has 1 aliphatic carbocycles. The van der Waals surface area contributed by atoms with E-state index in [1.807, 2.05) is 28.3 Å². The third-order valence-corrected chi connectivity index (χ3v) is 5.46. The first kappa shape index (κ1) is 15.6. The molecule has 3 fully saturated rings. The quantitative estimate of drug-likeness (QED) is 0.831. The van der Waals surface area contributed by atoms with Crippen LogP contribution in [0.1, 0.15) is 49.8 Å². The predicted molar refractivity (Wildman–Crippen MR) is 87.2 cm³/mol. The minimum atomic E-state index is -0.157. The van der Waals surface area contributed by atoms with Gasteiger partial charge in [-0.15, -0.1) is 0 Å². The molecule has 0 unspecified atom stereocenters. The summed E-state index contributed by atoms with van der Waals surface area (Å²) < 4.78 is 1.96. The Hall–Kier alpha value is -1.92. The van der Waals surface area contributed by atoms with E-state index in [0.29, 0.717) is 25.6 Å². The second-order valence-corrected chi connectivity index (χ2v) is 7.41. The summed E-state index contributed by atoms with van der Waals surface area (Å²) in [5.74, 6) is 1.83.